The quantitative estimate of drug-likeness (QED) is 0.254. The summed E-state index contributed by atoms with van der Waals surface area (Å²) in [6.45, 7) is 0.734. The van der Waals surface area contributed by atoms with E-state index in [2.05, 4.69) is 25.7 Å². The molecule has 1 amide bonds. The van der Waals surface area contributed by atoms with Crippen molar-refractivity contribution in [3.05, 3.63) is 84.4 Å². The van der Waals surface area contributed by atoms with Gasteiger partial charge >= 0.3 is 6.18 Å². The Balaban J connectivity index is 1.50. The Morgan fingerprint density at radius 2 is 1.78 bits per heavy atom. The number of anilines is 2. The van der Waals surface area contributed by atoms with Gasteiger partial charge in [-0.1, -0.05) is 0 Å². The zero-order chi connectivity index (χ0) is 26.3. The van der Waals surface area contributed by atoms with Gasteiger partial charge in [0.2, 0.25) is 0 Å². The van der Waals surface area contributed by atoms with E-state index in [4.69, 9.17) is 5.11 Å². The Labute approximate surface area is 211 Å². The molecular weight excluding hydrogens is 485 g/mol. The Morgan fingerprint density at radius 1 is 1.00 bits per heavy atom. The number of nitrogens with one attached hydrogen (secondary N) is 2. The smallest absolute Gasteiger partial charge is 0.396 e. The highest BCUT2D eigenvalue weighted by Crippen LogP contribution is 2.34. The molecule has 0 bridgehead atoms. The highest BCUT2D eigenvalue weighted by atomic mass is 19.4. The second-order valence-corrected chi connectivity index (χ2v) is 8.18. The molecular formula is C26H25F3N6O2. The van der Waals surface area contributed by atoms with Crippen molar-refractivity contribution in [2.24, 2.45) is 0 Å². The molecule has 0 saturated heterocycles. The van der Waals surface area contributed by atoms with Crippen LogP contribution in [0.3, 0.4) is 0 Å². The van der Waals surface area contributed by atoms with E-state index in [9.17, 15) is 18.0 Å². The van der Waals surface area contributed by atoms with Crippen molar-refractivity contribution in [2.75, 3.05) is 23.8 Å². The Morgan fingerprint density at radius 3 is 2.49 bits per heavy atom. The highest BCUT2D eigenvalue weighted by molar-refractivity contribution is 6.07. The molecule has 0 aliphatic rings. The van der Waals surface area contributed by atoms with Gasteiger partial charge in [0.05, 0.1) is 16.9 Å². The number of aliphatic hydroxyl groups is 1. The largest absolute Gasteiger partial charge is 0.433 e. The summed E-state index contributed by atoms with van der Waals surface area (Å²) in [4.78, 5) is 21.0. The van der Waals surface area contributed by atoms with Crippen LogP contribution in [-0.4, -0.2) is 43.9 Å². The van der Waals surface area contributed by atoms with Gasteiger partial charge in [-0.3, -0.25) is 9.78 Å². The van der Waals surface area contributed by atoms with E-state index in [0.717, 1.165) is 23.6 Å². The van der Waals surface area contributed by atoms with Crippen LogP contribution in [0.1, 0.15) is 35.3 Å². The molecule has 1 aromatic carbocycles. The molecule has 4 rings (SSSR count). The zero-order valence-electron chi connectivity index (χ0n) is 19.7. The average Bonchev–Trinajstić information content (AvgIpc) is 3.36. The van der Waals surface area contributed by atoms with E-state index in [0.29, 0.717) is 35.6 Å². The number of hydrogen-bond donors (Lipinski definition) is 3. The minimum atomic E-state index is -4.62. The summed E-state index contributed by atoms with van der Waals surface area (Å²) in [5, 5.41) is 18.9. The van der Waals surface area contributed by atoms with E-state index in [-0.39, 0.29) is 18.0 Å². The van der Waals surface area contributed by atoms with Crippen molar-refractivity contribution >= 4 is 17.4 Å². The zero-order valence-corrected chi connectivity index (χ0v) is 19.7. The van der Waals surface area contributed by atoms with E-state index < -0.39 is 17.8 Å². The molecule has 37 heavy (non-hydrogen) atoms. The van der Waals surface area contributed by atoms with Gasteiger partial charge in [-0.15, -0.1) is 0 Å². The number of halogens is 3. The second-order valence-electron chi connectivity index (χ2n) is 8.18. The summed E-state index contributed by atoms with van der Waals surface area (Å²) >= 11 is 0. The molecule has 0 aliphatic carbocycles. The van der Waals surface area contributed by atoms with E-state index in [1.54, 1.807) is 30.5 Å². The average molecular weight is 511 g/mol. The first-order chi connectivity index (χ1) is 17.9. The number of carbonyl (C=O) groups excluding carboxylic acids is 1. The molecule has 3 N–H and O–H groups in total. The number of aromatic nitrogens is 4. The monoisotopic (exact) mass is 510 g/mol. The van der Waals surface area contributed by atoms with Gasteiger partial charge in [0.25, 0.3) is 5.91 Å². The molecule has 8 nitrogen and oxygen atoms in total. The van der Waals surface area contributed by atoms with Crippen molar-refractivity contribution in [2.45, 2.75) is 25.4 Å². The second kappa shape index (κ2) is 11.7. The minimum absolute atomic E-state index is 0.139. The van der Waals surface area contributed by atoms with Crippen LogP contribution in [0.2, 0.25) is 0 Å². The van der Waals surface area contributed by atoms with E-state index >= 15 is 0 Å². The van der Waals surface area contributed by atoms with Crippen LogP contribution in [0.15, 0.2) is 73.2 Å². The van der Waals surface area contributed by atoms with Crippen molar-refractivity contribution in [3.63, 3.8) is 0 Å². The molecule has 0 aliphatic heterocycles. The number of pyridine rings is 2. The predicted molar refractivity (Wildman–Crippen MR) is 133 cm³/mol. The molecule has 0 atom stereocenters. The summed E-state index contributed by atoms with van der Waals surface area (Å²) in [6.07, 6.45) is 2.30. The lowest BCUT2D eigenvalue weighted by molar-refractivity contribution is -0.142. The maximum Gasteiger partial charge on any atom is 0.433 e. The van der Waals surface area contributed by atoms with Gasteiger partial charge in [-0.2, -0.15) is 18.3 Å². The lowest BCUT2D eigenvalue weighted by Crippen LogP contribution is -2.16. The van der Waals surface area contributed by atoms with Crippen LogP contribution in [0.5, 0.6) is 0 Å². The van der Waals surface area contributed by atoms with Crippen LogP contribution in [0.4, 0.5) is 24.7 Å². The fourth-order valence-corrected chi connectivity index (χ4v) is 3.67. The number of amides is 1. The number of nitrogens with zero attached hydrogens (tertiary/aromatic N) is 4. The third-order valence-electron chi connectivity index (χ3n) is 5.51. The first kappa shape index (κ1) is 25.8. The van der Waals surface area contributed by atoms with Crippen LogP contribution in [-0.2, 0) is 6.18 Å². The highest BCUT2D eigenvalue weighted by Gasteiger charge is 2.36. The number of unbranched alkanes of at least 4 members (excludes halogenated alkanes) is 2. The summed E-state index contributed by atoms with van der Waals surface area (Å²) in [5.41, 5.74) is 0.608. The van der Waals surface area contributed by atoms with Crippen molar-refractivity contribution in [1.29, 1.82) is 0 Å². The normalized spacial score (nSPS) is 11.4. The molecule has 11 heteroatoms. The van der Waals surface area contributed by atoms with Crippen LogP contribution < -0.4 is 10.6 Å². The van der Waals surface area contributed by atoms with Gasteiger partial charge in [0.1, 0.15) is 11.5 Å². The first-order valence-corrected chi connectivity index (χ1v) is 11.7. The van der Waals surface area contributed by atoms with Crippen LogP contribution >= 0.6 is 0 Å². The fraction of sp³-hybridized carbons (Fsp3) is 0.231. The van der Waals surface area contributed by atoms with E-state index in [1.807, 2.05) is 0 Å². The Hall–Kier alpha value is -4.25. The van der Waals surface area contributed by atoms with Crippen molar-refractivity contribution < 1.29 is 23.1 Å². The number of rotatable bonds is 10. The predicted octanol–water partition coefficient (Wildman–Crippen LogP) is 5.17. The molecule has 0 radical (unpaired) electrons. The number of benzene rings is 1. The maximum atomic E-state index is 13.7. The Kier molecular flexibility index (Phi) is 8.14. The SMILES string of the molecule is O=C(Nc1ccc(-n2nc(-c3cccnc3)cc2C(F)(F)F)cc1)c1cccnc1NCCCCCO. The molecule has 192 valence electrons. The molecule has 0 spiro atoms. The van der Waals surface area contributed by atoms with Crippen LogP contribution in [0, 0.1) is 0 Å². The summed E-state index contributed by atoms with van der Waals surface area (Å²) in [6, 6.07) is 13.4. The van der Waals surface area contributed by atoms with Gasteiger partial charge in [0.15, 0.2) is 0 Å². The standard InChI is InChI=1S/C26H25F3N6O2/c27-26(28,29)23-16-22(18-6-4-12-30-17-18)34-35(23)20-10-8-19(9-11-20)33-25(37)21-7-5-14-32-24(21)31-13-2-1-3-15-36/h4-12,14,16-17,36H,1-3,13,15H2,(H,31,32)(H,33,37). The number of alkyl halides is 3. The van der Waals surface area contributed by atoms with Gasteiger partial charge in [0, 0.05) is 43.0 Å². The third kappa shape index (κ3) is 6.50. The maximum absolute atomic E-state index is 13.7. The molecule has 0 fully saturated rings. The third-order valence-corrected chi connectivity index (χ3v) is 5.51. The van der Waals surface area contributed by atoms with Crippen molar-refractivity contribution in [3.8, 4) is 16.9 Å². The molecule has 3 aromatic heterocycles. The number of carbonyl (C=O) groups is 1. The topological polar surface area (TPSA) is 105 Å². The Bertz CT molecular complexity index is 1320. The molecule has 4 aromatic rings. The van der Waals surface area contributed by atoms with Gasteiger partial charge < -0.3 is 15.7 Å². The minimum Gasteiger partial charge on any atom is -0.396 e. The summed E-state index contributed by atoms with van der Waals surface area (Å²) < 4.78 is 42.0. The molecule has 0 saturated carbocycles. The van der Waals surface area contributed by atoms with E-state index in [1.165, 1.54) is 36.7 Å². The summed E-state index contributed by atoms with van der Waals surface area (Å²) in [7, 11) is 0. The molecule has 0 unspecified atom stereocenters. The lowest BCUT2D eigenvalue weighted by atomic mass is 10.2. The fourth-order valence-electron chi connectivity index (χ4n) is 3.67. The van der Waals surface area contributed by atoms with Gasteiger partial charge in [-0.25, -0.2) is 9.67 Å². The van der Waals surface area contributed by atoms with Crippen molar-refractivity contribution in [1.82, 2.24) is 19.7 Å². The first-order valence-electron chi connectivity index (χ1n) is 11.7. The summed E-state index contributed by atoms with van der Waals surface area (Å²) in [5.74, 6) is 0.0163. The lowest BCUT2D eigenvalue weighted by Gasteiger charge is -2.12. The number of hydrogen-bond acceptors (Lipinski definition) is 6. The molecule has 3 heterocycles. The van der Waals surface area contributed by atoms with Crippen LogP contribution in [0.25, 0.3) is 16.9 Å². The number of aliphatic hydroxyl groups excluding tert-OH is 1. The van der Waals surface area contributed by atoms with Gasteiger partial charge in [-0.05, 0) is 73.9 Å².